The molecule has 4 heterocycles. The minimum atomic E-state index is -0.390. The van der Waals surface area contributed by atoms with Gasteiger partial charge in [0.2, 0.25) is 11.8 Å². The molecule has 0 N–H and O–H groups in total. The van der Waals surface area contributed by atoms with Crippen molar-refractivity contribution in [1.29, 1.82) is 0 Å². The van der Waals surface area contributed by atoms with Crippen LogP contribution in [-0.4, -0.2) is 38.8 Å². The monoisotopic (exact) mass is 392 g/mol. The maximum absolute atomic E-state index is 12.7. The third kappa shape index (κ3) is 2.31. The van der Waals surface area contributed by atoms with E-state index in [1.54, 1.807) is 22.9 Å². The summed E-state index contributed by atoms with van der Waals surface area (Å²) < 4.78 is 7.28. The minimum Gasteiger partial charge on any atom is -0.373 e. The van der Waals surface area contributed by atoms with Gasteiger partial charge in [0, 0.05) is 10.0 Å². The molecule has 2 amide bonds. The lowest BCUT2D eigenvalue weighted by Gasteiger charge is -2.14. The number of aromatic nitrogens is 3. The van der Waals surface area contributed by atoms with Gasteiger partial charge in [0.05, 0.1) is 30.6 Å². The van der Waals surface area contributed by atoms with Crippen LogP contribution < -0.4 is 4.90 Å². The Morgan fingerprint density at radius 3 is 2.46 bits per heavy atom. The predicted octanol–water partition coefficient (Wildman–Crippen LogP) is 2.30. The van der Waals surface area contributed by atoms with Crippen LogP contribution in [0.3, 0.4) is 0 Å². The van der Waals surface area contributed by atoms with Crippen LogP contribution >= 0.6 is 23.2 Å². The van der Waals surface area contributed by atoms with Gasteiger partial charge in [-0.3, -0.25) is 9.59 Å². The standard InChI is InChI=1S/C17H14Cl2N4O3/c18-9-2-1-8(10(19)5-9)6-22-7-20-17(21-22)23-15(24)13-11-3-4-12(26-11)14(13)16(23)25/h1-2,5,7,11-14H,3-4,6H2. The summed E-state index contributed by atoms with van der Waals surface area (Å²) in [5.41, 5.74) is 0.815. The summed E-state index contributed by atoms with van der Waals surface area (Å²) in [6, 6.07) is 5.20. The van der Waals surface area contributed by atoms with E-state index in [1.165, 1.54) is 6.33 Å². The number of amides is 2. The highest BCUT2D eigenvalue weighted by atomic mass is 35.5. The van der Waals surface area contributed by atoms with Crippen molar-refractivity contribution in [2.24, 2.45) is 11.8 Å². The Kier molecular flexibility index (Phi) is 3.60. The summed E-state index contributed by atoms with van der Waals surface area (Å²) >= 11 is 12.1. The fourth-order valence-electron chi connectivity index (χ4n) is 4.20. The number of carbonyl (C=O) groups excluding carboxylic acids is 2. The number of hydrogen-bond donors (Lipinski definition) is 0. The first kappa shape index (κ1) is 16.2. The number of hydrogen-bond acceptors (Lipinski definition) is 5. The summed E-state index contributed by atoms with van der Waals surface area (Å²) in [5.74, 6) is -1.18. The highest BCUT2D eigenvalue weighted by Crippen LogP contribution is 2.48. The Hall–Kier alpha value is -1.96. The van der Waals surface area contributed by atoms with Crippen LogP contribution in [0, 0.1) is 11.8 Å². The number of ether oxygens (including phenoxy) is 1. The molecule has 134 valence electrons. The predicted molar refractivity (Wildman–Crippen MR) is 93.0 cm³/mol. The lowest BCUT2D eigenvalue weighted by atomic mass is 9.81. The van der Waals surface area contributed by atoms with Crippen LogP contribution in [-0.2, 0) is 20.9 Å². The van der Waals surface area contributed by atoms with E-state index < -0.39 is 0 Å². The van der Waals surface area contributed by atoms with Gasteiger partial charge in [-0.2, -0.15) is 4.98 Å². The van der Waals surface area contributed by atoms with Gasteiger partial charge in [0.25, 0.3) is 5.95 Å². The molecule has 7 nitrogen and oxygen atoms in total. The molecule has 1 aromatic carbocycles. The van der Waals surface area contributed by atoms with Gasteiger partial charge < -0.3 is 4.74 Å². The Morgan fingerprint density at radius 2 is 1.81 bits per heavy atom. The van der Waals surface area contributed by atoms with Crippen molar-refractivity contribution >= 4 is 41.0 Å². The van der Waals surface area contributed by atoms with Gasteiger partial charge in [-0.1, -0.05) is 29.3 Å². The number of anilines is 1. The zero-order valence-electron chi connectivity index (χ0n) is 13.5. The summed E-state index contributed by atoms with van der Waals surface area (Å²) in [6.45, 7) is 0.362. The van der Waals surface area contributed by atoms with Gasteiger partial charge in [-0.25, -0.2) is 9.58 Å². The van der Waals surface area contributed by atoms with E-state index in [0.717, 1.165) is 23.3 Å². The third-order valence-corrected chi connectivity index (χ3v) is 5.94. The Labute approximate surface area is 158 Å². The molecule has 1 aromatic heterocycles. The van der Waals surface area contributed by atoms with Crippen molar-refractivity contribution in [1.82, 2.24) is 14.8 Å². The second kappa shape index (κ2) is 5.77. The Bertz CT molecular complexity index is 902. The molecule has 26 heavy (non-hydrogen) atoms. The molecule has 0 aliphatic carbocycles. The fraction of sp³-hybridized carbons (Fsp3) is 0.412. The van der Waals surface area contributed by atoms with Gasteiger partial charge in [0.1, 0.15) is 6.33 Å². The van der Waals surface area contributed by atoms with Crippen LogP contribution in [0.15, 0.2) is 24.5 Å². The number of benzene rings is 1. The first-order chi connectivity index (χ1) is 12.5. The van der Waals surface area contributed by atoms with Crippen molar-refractivity contribution in [3.8, 4) is 0 Å². The molecule has 0 radical (unpaired) electrons. The average Bonchev–Trinajstić information content (AvgIpc) is 3.35. The topological polar surface area (TPSA) is 77.3 Å². The molecule has 2 aromatic rings. The Morgan fingerprint density at radius 1 is 1.12 bits per heavy atom. The molecule has 3 saturated heterocycles. The van der Waals surface area contributed by atoms with Crippen LogP contribution in [0.25, 0.3) is 0 Å². The molecule has 4 atom stereocenters. The van der Waals surface area contributed by atoms with Crippen LogP contribution in [0.2, 0.25) is 10.0 Å². The van der Waals surface area contributed by atoms with E-state index in [9.17, 15) is 9.59 Å². The van der Waals surface area contributed by atoms with Gasteiger partial charge in [-0.15, -0.1) is 5.10 Å². The van der Waals surface area contributed by atoms with Crippen molar-refractivity contribution in [2.75, 3.05) is 4.90 Å². The van der Waals surface area contributed by atoms with Gasteiger partial charge >= 0.3 is 0 Å². The molecule has 4 unspecified atom stereocenters. The maximum atomic E-state index is 12.7. The fourth-order valence-corrected chi connectivity index (χ4v) is 4.67. The molecule has 9 heteroatoms. The van der Waals surface area contributed by atoms with E-state index in [2.05, 4.69) is 10.1 Å². The summed E-state index contributed by atoms with van der Waals surface area (Å²) in [5, 5.41) is 5.38. The van der Waals surface area contributed by atoms with Crippen LogP contribution in [0.4, 0.5) is 5.95 Å². The smallest absolute Gasteiger partial charge is 0.258 e. The quantitative estimate of drug-likeness (QED) is 0.748. The number of nitrogens with zero attached hydrogens (tertiary/aromatic N) is 4. The normalized spacial score (nSPS) is 29.7. The molecular weight excluding hydrogens is 379 g/mol. The largest absolute Gasteiger partial charge is 0.373 e. The minimum absolute atomic E-state index is 0.110. The number of halogens is 2. The summed E-state index contributed by atoms with van der Waals surface area (Å²) in [4.78, 5) is 30.8. The number of rotatable bonds is 3. The average molecular weight is 393 g/mol. The maximum Gasteiger partial charge on any atom is 0.258 e. The van der Waals surface area contributed by atoms with Crippen LogP contribution in [0.1, 0.15) is 18.4 Å². The third-order valence-electron chi connectivity index (χ3n) is 5.36. The van der Waals surface area contributed by atoms with Crippen molar-refractivity contribution < 1.29 is 14.3 Å². The van der Waals surface area contributed by atoms with E-state index >= 15 is 0 Å². The van der Waals surface area contributed by atoms with Crippen molar-refractivity contribution in [3.63, 3.8) is 0 Å². The second-order valence-corrected chi connectivity index (χ2v) is 7.68. The Balaban J connectivity index is 1.40. The zero-order chi connectivity index (χ0) is 18.0. The van der Waals surface area contributed by atoms with E-state index in [1.807, 2.05) is 0 Å². The van der Waals surface area contributed by atoms with E-state index in [0.29, 0.717) is 16.6 Å². The second-order valence-electron chi connectivity index (χ2n) is 6.83. The molecular formula is C17H14Cl2N4O3. The lowest BCUT2D eigenvalue weighted by Crippen LogP contribution is -2.35. The highest BCUT2D eigenvalue weighted by Gasteiger charge is 2.63. The van der Waals surface area contributed by atoms with Crippen molar-refractivity contribution in [3.05, 3.63) is 40.1 Å². The molecule has 5 rings (SSSR count). The molecule has 3 aliphatic rings. The van der Waals surface area contributed by atoms with Gasteiger partial charge in [0.15, 0.2) is 0 Å². The zero-order valence-corrected chi connectivity index (χ0v) is 15.0. The molecule has 2 bridgehead atoms. The van der Waals surface area contributed by atoms with E-state index in [-0.39, 0.29) is 41.8 Å². The van der Waals surface area contributed by atoms with Gasteiger partial charge in [-0.05, 0) is 30.5 Å². The molecule has 0 spiro atoms. The molecule has 3 fully saturated rings. The first-order valence-electron chi connectivity index (χ1n) is 8.39. The summed E-state index contributed by atoms with van der Waals surface area (Å²) in [7, 11) is 0. The SMILES string of the molecule is O=C1C2C3CCC(O3)C2C(=O)N1c1ncn(Cc2ccc(Cl)cc2Cl)n1. The van der Waals surface area contributed by atoms with Crippen LogP contribution in [0.5, 0.6) is 0 Å². The first-order valence-corrected chi connectivity index (χ1v) is 9.15. The van der Waals surface area contributed by atoms with E-state index in [4.69, 9.17) is 27.9 Å². The number of carbonyl (C=O) groups is 2. The molecule has 3 aliphatic heterocycles. The number of fused-ring (bicyclic) bond motifs is 5. The lowest BCUT2D eigenvalue weighted by molar-refractivity contribution is -0.124. The highest BCUT2D eigenvalue weighted by molar-refractivity contribution is 6.35. The number of imide groups is 1. The van der Waals surface area contributed by atoms with Crippen molar-refractivity contribution in [2.45, 2.75) is 31.6 Å². The molecule has 0 saturated carbocycles. The summed E-state index contributed by atoms with van der Waals surface area (Å²) in [6.07, 6.45) is 2.84.